The van der Waals surface area contributed by atoms with E-state index >= 15 is 0 Å². The molecule has 0 radical (unpaired) electrons. The molecule has 0 N–H and O–H groups in total. The van der Waals surface area contributed by atoms with Crippen molar-refractivity contribution in [2.75, 3.05) is 12.4 Å². The van der Waals surface area contributed by atoms with Crippen LogP contribution in [0.5, 0.6) is 0 Å². The lowest BCUT2D eigenvalue weighted by Gasteiger charge is -2.07. The predicted octanol–water partition coefficient (Wildman–Crippen LogP) is 0.682. The van der Waals surface area contributed by atoms with Gasteiger partial charge in [0.2, 0.25) is 5.17 Å². The molecule has 2 aliphatic heterocycles. The van der Waals surface area contributed by atoms with Crippen molar-refractivity contribution in [3.05, 3.63) is 0 Å². The largest absolute Gasteiger partial charge is 0.376 e. The molecule has 86 valence electrons. The number of amidine groups is 1. The third-order valence-corrected chi connectivity index (χ3v) is 3.39. The lowest BCUT2D eigenvalue weighted by molar-refractivity contribution is -0.135. The second-order valence-corrected chi connectivity index (χ2v) is 5.08. The summed E-state index contributed by atoms with van der Waals surface area (Å²) in [7, 11) is 0. The van der Waals surface area contributed by atoms with Crippen molar-refractivity contribution in [1.29, 1.82) is 0 Å². The van der Waals surface area contributed by atoms with Gasteiger partial charge < -0.3 is 4.74 Å². The van der Waals surface area contributed by atoms with Crippen LogP contribution in [0.4, 0.5) is 0 Å². The number of amides is 2. The number of carbonyl (C=O) groups is 2. The van der Waals surface area contributed by atoms with Crippen LogP contribution in [0.15, 0.2) is 15.2 Å². The number of azo groups is 1. The second-order valence-electron chi connectivity index (χ2n) is 3.36. The van der Waals surface area contributed by atoms with Crippen molar-refractivity contribution in [2.45, 2.75) is 17.8 Å². The molecule has 2 unspecified atom stereocenters. The summed E-state index contributed by atoms with van der Waals surface area (Å²) in [6, 6.07) is 0. The number of hydrogen-bond donors (Lipinski definition) is 1. The monoisotopic (exact) mass is 259 g/mol. The van der Waals surface area contributed by atoms with Gasteiger partial charge in [-0.15, -0.1) is 5.11 Å². The summed E-state index contributed by atoms with van der Waals surface area (Å²) in [6.45, 7) is 0.639. The van der Waals surface area contributed by atoms with Crippen LogP contribution >= 0.6 is 24.4 Å². The van der Waals surface area contributed by atoms with Gasteiger partial charge in [0.25, 0.3) is 0 Å². The van der Waals surface area contributed by atoms with Crippen molar-refractivity contribution in [2.24, 2.45) is 15.2 Å². The van der Waals surface area contributed by atoms with E-state index in [9.17, 15) is 9.59 Å². The number of thiol groups is 1. The molecule has 0 spiro atoms. The smallest absolute Gasteiger partial charge is 0.355 e. The van der Waals surface area contributed by atoms with E-state index in [1.807, 2.05) is 0 Å². The van der Waals surface area contributed by atoms with Crippen molar-refractivity contribution in [3.8, 4) is 0 Å². The number of thioether (sulfide) groups is 1. The molecule has 0 aromatic rings. The molecule has 2 aliphatic rings. The lowest BCUT2D eigenvalue weighted by Crippen LogP contribution is -2.16. The van der Waals surface area contributed by atoms with Gasteiger partial charge in [0, 0.05) is 11.0 Å². The lowest BCUT2D eigenvalue weighted by atomic mass is 10.3. The quantitative estimate of drug-likeness (QED) is 0.584. The summed E-state index contributed by atoms with van der Waals surface area (Å²) >= 11 is 5.55. The minimum atomic E-state index is -0.920. The zero-order valence-corrected chi connectivity index (χ0v) is 9.91. The van der Waals surface area contributed by atoms with E-state index in [1.165, 1.54) is 11.8 Å². The Hall–Kier alpha value is -0.730. The average molecular weight is 259 g/mol. The Morgan fingerprint density at radius 3 is 2.81 bits per heavy atom. The van der Waals surface area contributed by atoms with Crippen LogP contribution in [0.25, 0.3) is 0 Å². The number of aliphatic imine (C=N–C) groups is 1. The number of carbonyl (C=O) groups excluding carboxylic acids is 2. The molecule has 0 aromatic carbocycles. The molecule has 8 heteroatoms. The molecule has 0 aliphatic carbocycles. The molecular formula is C8H9N3O3S2. The Morgan fingerprint density at radius 1 is 1.38 bits per heavy atom. The van der Waals surface area contributed by atoms with Crippen molar-refractivity contribution in [1.82, 2.24) is 0 Å². The summed E-state index contributed by atoms with van der Waals surface area (Å²) in [6.07, 6.45) is 0.964. The number of hydrogen-bond acceptors (Lipinski definition) is 6. The Morgan fingerprint density at radius 2 is 2.19 bits per heavy atom. The minimum Gasteiger partial charge on any atom is -0.376 e. The van der Waals surface area contributed by atoms with Crippen LogP contribution in [0.1, 0.15) is 6.42 Å². The summed E-state index contributed by atoms with van der Waals surface area (Å²) in [5.41, 5.74) is 0. The fraction of sp³-hybridized carbons (Fsp3) is 0.625. The molecule has 16 heavy (non-hydrogen) atoms. The van der Waals surface area contributed by atoms with Gasteiger partial charge in [-0.3, -0.25) is 9.59 Å². The topological polar surface area (TPSA) is 80.4 Å². The maximum Gasteiger partial charge on any atom is 0.355 e. The number of nitrogens with zero attached hydrogens (tertiary/aromatic N) is 3. The summed E-state index contributed by atoms with van der Waals surface area (Å²) in [4.78, 5) is 25.1. The first-order valence-electron chi connectivity index (χ1n) is 4.66. The van der Waals surface area contributed by atoms with E-state index in [-0.39, 0.29) is 16.5 Å². The van der Waals surface area contributed by atoms with Gasteiger partial charge >= 0.3 is 11.8 Å². The van der Waals surface area contributed by atoms with E-state index in [0.717, 1.165) is 6.42 Å². The van der Waals surface area contributed by atoms with Crippen molar-refractivity contribution in [3.63, 3.8) is 0 Å². The summed E-state index contributed by atoms with van der Waals surface area (Å²) < 4.78 is 5.43. The molecule has 6 nitrogen and oxygen atoms in total. The van der Waals surface area contributed by atoms with Gasteiger partial charge in [0.1, 0.15) is 0 Å². The molecule has 0 bridgehead atoms. The van der Waals surface area contributed by atoms with Gasteiger partial charge in [-0.1, -0.05) is 16.9 Å². The van der Waals surface area contributed by atoms with Gasteiger partial charge in [0.05, 0.1) is 12.7 Å². The highest BCUT2D eigenvalue weighted by atomic mass is 32.2. The normalized spacial score (nSPS) is 29.7. The molecule has 1 fully saturated rings. The Balaban J connectivity index is 1.83. The summed E-state index contributed by atoms with van der Waals surface area (Å²) in [5, 5.41) is 7.20. The molecule has 1 saturated heterocycles. The predicted molar refractivity (Wildman–Crippen MR) is 61.9 cm³/mol. The van der Waals surface area contributed by atoms with Crippen LogP contribution in [-0.2, 0) is 14.3 Å². The standard InChI is InChI=1S/C8H9N3O3S2/c12-6-7(13)10-11-8(9-6)16-3-4-1-5(15)2-14-4/h4-5,15H,1-3H2. The number of rotatable bonds is 2. The summed E-state index contributed by atoms with van der Waals surface area (Å²) in [5.74, 6) is -1.15. The van der Waals surface area contributed by atoms with Crippen LogP contribution in [-0.4, -0.2) is 40.7 Å². The van der Waals surface area contributed by atoms with Gasteiger partial charge in [-0.05, 0) is 6.42 Å². The highest BCUT2D eigenvalue weighted by Crippen LogP contribution is 2.22. The zero-order valence-electron chi connectivity index (χ0n) is 8.20. The fourth-order valence-corrected chi connectivity index (χ4v) is 2.45. The highest BCUT2D eigenvalue weighted by molar-refractivity contribution is 8.13. The van der Waals surface area contributed by atoms with E-state index < -0.39 is 11.8 Å². The van der Waals surface area contributed by atoms with Crippen LogP contribution in [0, 0.1) is 0 Å². The van der Waals surface area contributed by atoms with Gasteiger partial charge in [0.15, 0.2) is 0 Å². The molecule has 0 saturated carbocycles. The third-order valence-electron chi connectivity index (χ3n) is 2.06. The minimum absolute atomic E-state index is 0.0955. The van der Waals surface area contributed by atoms with Crippen molar-refractivity contribution < 1.29 is 14.3 Å². The van der Waals surface area contributed by atoms with E-state index in [0.29, 0.717) is 12.4 Å². The maximum atomic E-state index is 10.9. The van der Waals surface area contributed by atoms with Crippen LogP contribution in [0.3, 0.4) is 0 Å². The Bertz CT molecular complexity index is 383. The molecule has 2 amide bonds. The Kier molecular flexibility index (Phi) is 3.72. The van der Waals surface area contributed by atoms with E-state index in [1.54, 1.807) is 0 Å². The van der Waals surface area contributed by atoms with E-state index in [2.05, 4.69) is 27.8 Å². The maximum absolute atomic E-state index is 10.9. The first-order chi connectivity index (χ1) is 7.65. The van der Waals surface area contributed by atoms with Gasteiger partial charge in [-0.25, -0.2) is 0 Å². The zero-order chi connectivity index (χ0) is 11.5. The second kappa shape index (κ2) is 5.07. The number of ether oxygens (including phenoxy) is 1. The van der Waals surface area contributed by atoms with Crippen LogP contribution in [0.2, 0.25) is 0 Å². The average Bonchev–Trinajstić information content (AvgIpc) is 2.66. The molecule has 2 atom stereocenters. The highest BCUT2D eigenvalue weighted by Gasteiger charge is 2.24. The van der Waals surface area contributed by atoms with Crippen LogP contribution < -0.4 is 0 Å². The molecular weight excluding hydrogens is 250 g/mol. The fourth-order valence-electron chi connectivity index (χ4n) is 1.32. The Labute approximate surface area is 101 Å². The van der Waals surface area contributed by atoms with Gasteiger partial charge in [-0.2, -0.15) is 17.6 Å². The molecule has 2 rings (SSSR count). The third kappa shape index (κ3) is 2.89. The first kappa shape index (κ1) is 11.7. The van der Waals surface area contributed by atoms with E-state index in [4.69, 9.17) is 4.74 Å². The van der Waals surface area contributed by atoms with Crippen molar-refractivity contribution >= 4 is 41.4 Å². The SMILES string of the molecule is O=C1N=NC(SCC2CC(S)CO2)=NC1=O. The molecule has 2 heterocycles. The molecule has 0 aromatic heterocycles. The first-order valence-corrected chi connectivity index (χ1v) is 6.16.